The first kappa shape index (κ1) is 22.8. The van der Waals surface area contributed by atoms with E-state index in [0.29, 0.717) is 17.4 Å². The van der Waals surface area contributed by atoms with E-state index in [1.165, 1.54) is 43.8 Å². The summed E-state index contributed by atoms with van der Waals surface area (Å²) >= 11 is 0. The van der Waals surface area contributed by atoms with Gasteiger partial charge in [0.15, 0.2) is 0 Å². The Kier molecular flexibility index (Phi) is 5.42. The molecule has 2 aliphatic heterocycles. The number of halogens is 3. The Morgan fingerprint density at radius 2 is 1.69 bits per heavy atom. The minimum atomic E-state index is -4.16. The average molecular weight is 499 g/mol. The fourth-order valence-corrected chi connectivity index (χ4v) is 6.31. The van der Waals surface area contributed by atoms with Gasteiger partial charge in [-0.25, -0.2) is 9.97 Å². The van der Waals surface area contributed by atoms with Gasteiger partial charge in [-0.2, -0.15) is 13.2 Å². The van der Waals surface area contributed by atoms with Crippen LogP contribution < -0.4 is 10.2 Å². The van der Waals surface area contributed by atoms with Gasteiger partial charge in [0.05, 0.1) is 24.0 Å². The summed E-state index contributed by atoms with van der Waals surface area (Å²) in [7, 11) is 0. The molecule has 3 unspecified atom stereocenters. The van der Waals surface area contributed by atoms with Crippen molar-refractivity contribution in [3.8, 4) is 0 Å². The maximum absolute atomic E-state index is 12.9. The van der Waals surface area contributed by atoms with E-state index in [0.717, 1.165) is 68.4 Å². The summed E-state index contributed by atoms with van der Waals surface area (Å²) in [6.45, 7) is 5.73. The van der Waals surface area contributed by atoms with Crippen molar-refractivity contribution >= 4 is 17.5 Å². The summed E-state index contributed by atoms with van der Waals surface area (Å²) in [4.78, 5) is 18.6. The molecule has 0 radical (unpaired) electrons. The van der Waals surface area contributed by atoms with Crippen LogP contribution in [0.3, 0.4) is 0 Å². The summed E-state index contributed by atoms with van der Waals surface area (Å²) in [6, 6.07) is 4.42. The van der Waals surface area contributed by atoms with Crippen molar-refractivity contribution in [2.75, 3.05) is 42.9 Å². The van der Waals surface area contributed by atoms with Crippen LogP contribution in [-0.4, -0.2) is 58.8 Å². The molecule has 6 nitrogen and oxygen atoms in total. The third-order valence-electron chi connectivity index (χ3n) is 8.93. The third-order valence-corrected chi connectivity index (χ3v) is 8.93. The number of piperidine rings is 2. The molecule has 3 aliphatic carbocycles. The number of hydrogen-bond donors (Lipinski definition) is 1. The van der Waals surface area contributed by atoms with Crippen molar-refractivity contribution in [2.24, 2.45) is 23.7 Å². The van der Waals surface area contributed by atoms with E-state index in [9.17, 15) is 13.2 Å². The fraction of sp³-hybridized carbons (Fsp3) is 0.667. The lowest BCUT2D eigenvalue weighted by molar-refractivity contribution is -0.148. The lowest BCUT2D eigenvalue weighted by atomic mass is 9.89. The molecule has 9 heteroatoms. The second kappa shape index (κ2) is 8.57. The standard InChI is InChI=1S/C27H33F3N6/c28-27(29,30)22-10-21(22)23-11-32-25(12-31-23)33-24-8-18(9-26(34-24)36-14-19-7-20(19)15-36)17-3-5-35(6-4-17)13-16-1-2-16/h8-9,11-12,16-17,19-22H,1-7,10,13-15H2,(H,32,33,34)/t19?,20?,21?,22-/m0/s1. The number of fused-ring (bicyclic) bond motifs is 1. The molecule has 0 amide bonds. The molecule has 192 valence electrons. The van der Waals surface area contributed by atoms with Gasteiger partial charge >= 0.3 is 6.18 Å². The van der Waals surface area contributed by atoms with Crippen LogP contribution in [0.5, 0.6) is 0 Å². The van der Waals surface area contributed by atoms with Crippen LogP contribution in [0.25, 0.3) is 0 Å². The van der Waals surface area contributed by atoms with Gasteiger partial charge in [-0.05, 0) is 93.0 Å². The van der Waals surface area contributed by atoms with E-state index in [1.807, 2.05) is 0 Å². The highest BCUT2D eigenvalue weighted by Crippen LogP contribution is 2.55. The number of alkyl halides is 3. The quantitative estimate of drug-likeness (QED) is 0.557. The lowest BCUT2D eigenvalue weighted by Crippen LogP contribution is -2.34. The maximum atomic E-state index is 12.9. The van der Waals surface area contributed by atoms with Crippen LogP contribution in [0.1, 0.15) is 61.6 Å². The van der Waals surface area contributed by atoms with Gasteiger partial charge in [-0.1, -0.05) is 0 Å². The van der Waals surface area contributed by atoms with Gasteiger partial charge in [0.2, 0.25) is 0 Å². The van der Waals surface area contributed by atoms with E-state index >= 15 is 0 Å². The lowest BCUT2D eigenvalue weighted by Gasteiger charge is -2.33. The van der Waals surface area contributed by atoms with Crippen molar-refractivity contribution in [2.45, 2.75) is 56.5 Å². The first-order valence-electron chi connectivity index (χ1n) is 13.5. The Bertz CT molecular complexity index is 1100. The smallest absolute Gasteiger partial charge is 0.356 e. The summed E-state index contributed by atoms with van der Waals surface area (Å²) < 4.78 is 38.8. The number of nitrogens with zero attached hydrogens (tertiary/aromatic N) is 5. The fourth-order valence-electron chi connectivity index (χ4n) is 6.31. The second-order valence-corrected chi connectivity index (χ2v) is 11.8. The van der Waals surface area contributed by atoms with Gasteiger partial charge in [-0.3, -0.25) is 4.98 Å². The molecule has 4 heterocycles. The second-order valence-electron chi connectivity index (χ2n) is 11.8. The van der Waals surface area contributed by atoms with Crippen LogP contribution in [0, 0.1) is 23.7 Å². The molecule has 5 aliphatic rings. The van der Waals surface area contributed by atoms with Gasteiger partial charge in [0, 0.05) is 25.6 Å². The molecule has 0 spiro atoms. The van der Waals surface area contributed by atoms with Crippen LogP contribution in [0.2, 0.25) is 0 Å². The SMILES string of the molecule is FC(F)(F)[C@H]1CC1c1cnc(Nc2cc(C3CCN(CC4CC4)CC3)cc(N3CC4CC4C3)n2)cn1. The van der Waals surface area contributed by atoms with Crippen molar-refractivity contribution in [3.05, 3.63) is 35.8 Å². The number of rotatable bonds is 7. The zero-order chi connectivity index (χ0) is 24.4. The highest BCUT2D eigenvalue weighted by Gasteiger charge is 2.56. The van der Waals surface area contributed by atoms with Crippen molar-refractivity contribution in [1.29, 1.82) is 0 Å². The third kappa shape index (κ3) is 4.78. The number of anilines is 3. The Morgan fingerprint density at radius 1 is 0.917 bits per heavy atom. The number of pyridine rings is 1. The Hall–Kier alpha value is -2.42. The van der Waals surface area contributed by atoms with E-state index < -0.39 is 18.0 Å². The molecule has 36 heavy (non-hydrogen) atoms. The summed E-state index contributed by atoms with van der Waals surface area (Å²) in [5.41, 5.74) is 1.74. The van der Waals surface area contributed by atoms with Crippen LogP contribution >= 0.6 is 0 Å². The highest BCUT2D eigenvalue weighted by molar-refractivity contribution is 5.58. The monoisotopic (exact) mass is 498 g/mol. The molecule has 3 saturated carbocycles. The van der Waals surface area contributed by atoms with Crippen molar-refractivity contribution in [3.63, 3.8) is 0 Å². The van der Waals surface area contributed by atoms with Gasteiger partial charge in [0.25, 0.3) is 0 Å². The highest BCUT2D eigenvalue weighted by atomic mass is 19.4. The van der Waals surface area contributed by atoms with E-state index in [4.69, 9.17) is 4.98 Å². The number of aromatic nitrogens is 3. The predicted octanol–water partition coefficient (Wildman–Crippen LogP) is 5.33. The topological polar surface area (TPSA) is 57.2 Å². The molecule has 2 aromatic rings. The zero-order valence-electron chi connectivity index (χ0n) is 20.4. The number of nitrogens with one attached hydrogen (secondary N) is 1. The van der Waals surface area contributed by atoms with Crippen LogP contribution in [-0.2, 0) is 0 Å². The molecule has 1 N–H and O–H groups in total. The largest absolute Gasteiger partial charge is 0.392 e. The summed E-state index contributed by atoms with van der Waals surface area (Å²) in [5, 5.41) is 3.30. The number of hydrogen-bond acceptors (Lipinski definition) is 6. The normalized spacial score (nSPS) is 30.4. The zero-order valence-corrected chi connectivity index (χ0v) is 20.4. The molecule has 4 atom stereocenters. The predicted molar refractivity (Wildman–Crippen MR) is 131 cm³/mol. The summed E-state index contributed by atoms with van der Waals surface area (Å²) in [5.74, 6) is 3.52. The molecule has 0 aromatic carbocycles. The van der Waals surface area contributed by atoms with Crippen molar-refractivity contribution < 1.29 is 13.2 Å². The maximum Gasteiger partial charge on any atom is 0.392 e. The van der Waals surface area contributed by atoms with E-state index in [1.54, 1.807) is 0 Å². The molecular weight excluding hydrogens is 465 g/mol. The molecule has 0 bridgehead atoms. The average Bonchev–Trinajstić information content (AvgIpc) is 3.77. The Labute approximate surface area is 209 Å². The van der Waals surface area contributed by atoms with Crippen LogP contribution in [0.15, 0.2) is 24.5 Å². The van der Waals surface area contributed by atoms with Gasteiger partial charge in [0.1, 0.15) is 17.5 Å². The first-order valence-corrected chi connectivity index (χ1v) is 13.5. The Morgan fingerprint density at radius 3 is 2.33 bits per heavy atom. The minimum Gasteiger partial charge on any atom is -0.356 e. The molecular formula is C27H33F3N6. The number of likely N-dealkylation sites (tertiary alicyclic amines) is 1. The minimum absolute atomic E-state index is 0.106. The molecule has 2 saturated heterocycles. The van der Waals surface area contributed by atoms with Gasteiger partial charge in [-0.15, -0.1) is 0 Å². The molecule has 7 rings (SSSR count). The summed E-state index contributed by atoms with van der Waals surface area (Å²) in [6.07, 6.45) is 5.43. The Balaban J connectivity index is 1.07. The van der Waals surface area contributed by atoms with Crippen molar-refractivity contribution in [1.82, 2.24) is 19.9 Å². The first-order chi connectivity index (χ1) is 17.4. The van der Waals surface area contributed by atoms with Gasteiger partial charge < -0.3 is 15.1 Å². The van der Waals surface area contributed by atoms with Crippen LogP contribution in [0.4, 0.5) is 30.6 Å². The molecule has 5 fully saturated rings. The van der Waals surface area contributed by atoms with E-state index in [2.05, 4.69) is 37.2 Å². The van der Waals surface area contributed by atoms with E-state index in [-0.39, 0.29) is 6.42 Å². The molecule has 2 aromatic heterocycles.